The summed E-state index contributed by atoms with van der Waals surface area (Å²) >= 11 is 0. The molecule has 1 N–H and O–H groups in total. The summed E-state index contributed by atoms with van der Waals surface area (Å²) in [6.45, 7) is 2.97. The second kappa shape index (κ2) is 7.23. The second-order valence-corrected chi connectivity index (χ2v) is 7.43. The molecule has 0 aromatic carbocycles. The molecule has 0 atom stereocenters. The van der Waals surface area contributed by atoms with Gasteiger partial charge in [0, 0.05) is 51.5 Å². The fourth-order valence-electron chi connectivity index (χ4n) is 3.58. The molecule has 0 unspecified atom stereocenters. The van der Waals surface area contributed by atoms with Crippen molar-refractivity contribution in [1.29, 1.82) is 0 Å². The van der Waals surface area contributed by atoms with E-state index in [2.05, 4.69) is 5.32 Å². The quantitative estimate of drug-likeness (QED) is 0.856. The van der Waals surface area contributed by atoms with Gasteiger partial charge in [-0.15, -0.1) is 0 Å². The topological polar surface area (TPSA) is 52.7 Å². The summed E-state index contributed by atoms with van der Waals surface area (Å²) in [7, 11) is 0. The molecule has 3 rings (SSSR count). The van der Waals surface area contributed by atoms with Gasteiger partial charge in [0.1, 0.15) is 0 Å². The van der Waals surface area contributed by atoms with E-state index in [-0.39, 0.29) is 36.6 Å². The number of carbonyl (C=O) groups excluding carboxylic acids is 2. The molecule has 1 heterocycles. The smallest absolute Gasteiger partial charge is 0.317 e. The van der Waals surface area contributed by atoms with Crippen molar-refractivity contribution in [2.24, 2.45) is 11.8 Å². The van der Waals surface area contributed by atoms with Gasteiger partial charge in [-0.1, -0.05) is 0 Å². The minimum atomic E-state index is -2.52. The number of carbonyl (C=O) groups is 2. The Morgan fingerprint density at radius 2 is 1.58 bits per heavy atom. The van der Waals surface area contributed by atoms with Crippen molar-refractivity contribution < 1.29 is 18.4 Å². The minimum Gasteiger partial charge on any atom is -0.341 e. The summed E-state index contributed by atoms with van der Waals surface area (Å²) in [6.07, 6.45) is 3.58. The molecular formula is C17H27F2N3O2. The van der Waals surface area contributed by atoms with E-state index >= 15 is 0 Å². The Morgan fingerprint density at radius 1 is 0.958 bits per heavy atom. The highest BCUT2D eigenvalue weighted by Crippen LogP contribution is 2.35. The van der Waals surface area contributed by atoms with E-state index in [0.29, 0.717) is 39.0 Å². The fraction of sp³-hybridized carbons (Fsp3) is 0.882. The number of hydrogen-bond donors (Lipinski definition) is 1. The van der Waals surface area contributed by atoms with Crippen LogP contribution in [0, 0.1) is 11.8 Å². The van der Waals surface area contributed by atoms with Crippen LogP contribution in [0.2, 0.25) is 0 Å². The van der Waals surface area contributed by atoms with Gasteiger partial charge >= 0.3 is 6.03 Å². The van der Waals surface area contributed by atoms with Gasteiger partial charge in [-0.25, -0.2) is 13.6 Å². The number of nitrogens with zero attached hydrogens (tertiary/aromatic N) is 2. The summed E-state index contributed by atoms with van der Waals surface area (Å²) in [4.78, 5) is 28.1. The third kappa shape index (κ3) is 4.57. The fourth-order valence-corrected chi connectivity index (χ4v) is 3.58. The summed E-state index contributed by atoms with van der Waals surface area (Å²) in [5.74, 6) is -1.92. The highest BCUT2D eigenvalue weighted by atomic mass is 19.3. The van der Waals surface area contributed by atoms with Crippen LogP contribution in [0.15, 0.2) is 0 Å². The molecule has 3 amide bonds. The van der Waals surface area contributed by atoms with Crippen LogP contribution in [0.25, 0.3) is 0 Å². The van der Waals surface area contributed by atoms with Gasteiger partial charge < -0.3 is 15.1 Å². The first kappa shape index (κ1) is 17.4. The van der Waals surface area contributed by atoms with E-state index in [1.165, 1.54) is 0 Å². The maximum absolute atomic E-state index is 13.1. The van der Waals surface area contributed by atoms with Gasteiger partial charge in [0.2, 0.25) is 11.8 Å². The van der Waals surface area contributed by atoms with E-state index in [0.717, 1.165) is 25.8 Å². The molecule has 7 heteroatoms. The second-order valence-electron chi connectivity index (χ2n) is 7.43. The average Bonchev–Trinajstić information content (AvgIpc) is 3.39. The van der Waals surface area contributed by atoms with Gasteiger partial charge in [0.15, 0.2) is 0 Å². The molecule has 2 saturated carbocycles. The molecular weight excluding hydrogens is 316 g/mol. The number of hydrogen-bond acceptors (Lipinski definition) is 2. The summed E-state index contributed by atoms with van der Waals surface area (Å²) in [5.41, 5.74) is 0. The Kier molecular flexibility index (Phi) is 5.25. The molecule has 0 radical (unpaired) electrons. The number of amides is 3. The lowest BCUT2D eigenvalue weighted by molar-refractivity contribution is -0.132. The number of nitrogens with one attached hydrogen (secondary N) is 1. The number of urea groups is 1. The van der Waals surface area contributed by atoms with E-state index in [9.17, 15) is 18.4 Å². The number of rotatable bonds is 3. The lowest BCUT2D eigenvalue weighted by atomic mass is 9.87. The van der Waals surface area contributed by atoms with Crippen LogP contribution in [0.4, 0.5) is 13.6 Å². The molecule has 1 saturated heterocycles. The van der Waals surface area contributed by atoms with E-state index in [1.807, 2.05) is 4.90 Å². The molecule has 2 aliphatic carbocycles. The summed E-state index contributed by atoms with van der Waals surface area (Å²) < 4.78 is 26.3. The van der Waals surface area contributed by atoms with E-state index in [4.69, 9.17) is 0 Å². The zero-order valence-corrected chi connectivity index (χ0v) is 14.1. The van der Waals surface area contributed by atoms with Gasteiger partial charge in [0.05, 0.1) is 0 Å². The first-order valence-electron chi connectivity index (χ1n) is 9.14. The normalized spacial score (nSPS) is 25.2. The van der Waals surface area contributed by atoms with Gasteiger partial charge in [-0.2, -0.15) is 0 Å². The zero-order valence-electron chi connectivity index (χ0n) is 14.1. The van der Waals surface area contributed by atoms with Crippen molar-refractivity contribution in [2.75, 3.05) is 32.7 Å². The maximum Gasteiger partial charge on any atom is 0.317 e. The largest absolute Gasteiger partial charge is 0.341 e. The van der Waals surface area contributed by atoms with E-state index in [1.54, 1.807) is 4.90 Å². The minimum absolute atomic E-state index is 0.0739. The molecule has 0 aromatic heterocycles. The average molecular weight is 343 g/mol. The summed E-state index contributed by atoms with van der Waals surface area (Å²) in [6, 6.07) is -0.131. The van der Waals surface area contributed by atoms with Crippen molar-refractivity contribution in [1.82, 2.24) is 15.1 Å². The highest BCUT2D eigenvalue weighted by molar-refractivity contribution is 5.81. The van der Waals surface area contributed by atoms with Crippen LogP contribution in [0.3, 0.4) is 0 Å². The van der Waals surface area contributed by atoms with E-state index < -0.39 is 5.92 Å². The van der Waals surface area contributed by atoms with Gasteiger partial charge in [-0.3, -0.25) is 4.79 Å². The first-order chi connectivity index (χ1) is 11.4. The van der Waals surface area contributed by atoms with Crippen LogP contribution >= 0.6 is 0 Å². The predicted octanol–water partition coefficient (Wildman–Crippen LogP) is 2.47. The third-order valence-corrected chi connectivity index (χ3v) is 5.40. The molecule has 0 aromatic rings. The van der Waals surface area contributed by atoms with Crippen LogP contribution < -0.4 is 5.32 Å². The Hall–Kier alpha value is -1.40. The molecule has 136 valence electrons. The summed E-state index contributed by atoms with van der Waals surface area (Å²) in [5, 5.41) is 2.90. The van der Waals surface area contributed by atoms with Crippen molar-refractivity contribution in [3.05, 3.63) is 0 Å². The lowest BCUT2D eigenvalue weighted by Crippen LogP contribution is -2.44. The SMILES string of the molecule is O=C(NCC1CCC(F)(F)CC1)N1CCCN(C(=O)C2CC2)CC1. The molecule has 0 spiro atoms. The Labute approximate surface area is 141 Å². The predicted molar refractivity (Wildman–Crippen MR) is 85.8 cm³/mol. The monoisotopic (exact) mass is 343 g/mol. The van der Waals surface area contributed by atoms with Crippen LogP contribution in [0.1, 0.15) is 44.9 Å². The van der Waals surface area contributed by atoms with Crippen molar-refractivity contribution in [3.63, 3.8) is 0 Å². The zero-order chi connectivity index (χ0) is 17.2. The van der Waals surface area contributed by atoms with Crippen LogP contribution in [-0.4, -0.2) is 60.4 Å². The lowest BCUT2D eigenvalue weighted by Gasteiger charge is -2.29. The van der Waals surface area contributed by atoms with Crippen LogP contribution in [-0.2, 0) is 4.79 Å². The van der Waals surface area contributed by atoms with Gasteiger partial charge in [-0.05, 0) is 38.0 Å². The molecule has 3 fully saturated rings. The molecule has 3 aliphatic rings. The van der Waals surface area contributed by atoms with Crippen molar-refractivity contribution >= 4 is 11.9 Å². The highest BCUT2D eigenvalue weighted by Gasteiger charge is 2.36. The molecule has 24 heavy (non-hydrogen) atoms. The standard InChI is InChI=1S/C17H27F2N3O2/c18-17(19)6-4-13(5-7-17)12-20-16(24)22-9-1-8-21(10-11-22)15(23)14-2-3-14/h13-14H,1-12H2,(H,20,24). The molecule has 5 nitrogen and oxygen atoms in total. The Morgan fingerprint density at radius 3 is 2.25 bits per heavy atom. The molecule has 1 aliphatic heterocycles. The number of halogens is 2. The van der Waals surface area contributed by atoms with Gasteiger partial charge in [0.25, 0.3) is 0 Å². The maximum atomic E-state index is 13.1. The Bertz CT molecular complexity index is 472. The van der Waals surface area contributed by atoms with Crippen molar-refractivity contribution in [3.8, 4) is 0 Å². The third-order valence-electron chi connectivity index (χ3n) is 5.40. The molecule has 0 bridgehead atoms. The Balaban J connectivity index is 1.40. The first-order valence-corrected chi connectivity index (χ1v) is 9.14. The van der Waals surface area contributed by atoms with Crippen molar-refractivity contribution in [2.45, 2.75) is 50.9 Å². The number of alkyl halides is 2. The van der Waals surface area contributed by atoms with Crippen LogP contribution in [0.5, 0.6) is 0 Å².